The highest BCUT2D eigenvalue weighted by molar-refractivity contribution is 8.76. The Balaban J connectivity index is 1.78. The van der Waals surface area contributed by atoms with Gasteiger partial charge in [0.25, 0.3) is 29.0 Å². The fourth-order valence-corrected chi connectivity index (χ4v) is 7.47. The lowest BCUT2D eigenvalue weighted by Crippen LogP contribution is -2.31. The molecule has 2 aromatic heterocycles. The predicted octanol–water partition coefficient (Wildman–Crippen LogP) is -0.821. The number of hydrogen-bond donors (Lipinski definition) is 3. The Morgan fingerprint density at radius 2 is 2.03 bits per heavy atom. The molecule has 3 unspecified atom stereocenters. The Hall–Kier alpha value is -0.820. The highest BCUT2D eigenvalue weighted by Gasteiger charge is 2.40. The van der Waals surface area contributed by atoms with Crippen molar-refractivity contribution in [3.8, 4) is 0 Å². The molecule has 0 amide bonds. The molecule has 18 nitrogen and oxygen atoms in total. The fraction of sp³-hybridized carbons (Fsp3) is 0.615. The Morgan fingerprint density at radius 3 is 2.67 bits per heavy atom. The lowest BCUT2D eigenvalue weighted by Gasteiger charge is -2.33. The number of nitrogens with two attached hydrogens (primary N) is 1. The van der Waals surface area contributed by atoms with Gasteiger partial charge in [0.1, 0.15) is 16.9 Å². The molecule has 1 saturated heterocycles. The molecule has 0 spiro atoms. The van der Waals surface area contributed by atoms with Gasteiger partial charge in [0.05, 0.1) is 18.9 Å². The van der Waals surface area contributed by atoms with Crippen molar-refractivity contribution < 1.29 is 55.9 Å². The third kappa shape index (κ3) is 8.09. The molecule has 36 heavy (non-hydrogen) atoms. The number of phosphoric acid groups is 3. The summed E-state index contributed by atoms with van der Waals surface area (Å²) in [5.74, 6) is -0.177. The summed E-state index contributed by atoms with van der Waals surface area (Å²) in [6.07, 6.45) is 0.233. The van der Waals surface area contributed by atoms with E-state index in [1.807, 2.05) is 6.26 Å². The fourth-order valence-electron chi connectivity index (χ4n) is 3.16. The van der Waals surface area contributed by atoms with E-state index in [1.54, 1.807) is 6.92 Å². The summed E-state index contributed by atoms with van der Waals surface area (Å²) in [7, 11) is -14.9. The summed E-state index contributed by atoms with van der Waals surface area (Å²) >= 11 is 0. The standard InChI is InChI=1S/C13H22N5O13P3S2/c1-6(36-35-2)28-8-3-10(18-11-7(4-15-18)12(19)17-13(14)16-11)29-9(8)5-27-33(23,24)31-34(25,26)30-32(20,21)22/h4,6,8-10H,3,5H2,1-2H3,(H,23,24)(H,25,26)(H2,20,21,22)(H3,14,16,17,19)/p-3/t6-,8+,9+,10+/m0/s1. The number of nitrogens with zero attached hydrogens (tertiary/aromatic N) is 3. The largest absolute Gasteiger partial charge is 0.756 e. The summed E-state index contributed by atoms with van der Waals surface area (Å²) < 4.78 is 58.3. The SMILES string of the molecule is CSS[C@@H](C)O[C@@H]1C[C@H](n2ncc3c(=O)[nH]c(N)nc32)O[C@@H]1COP(=O)([O-])OP(=O)([O-])OP(=O)([O-])O. The van der Waals surface area contributed by atoms with Gasteiger partial charge in [0, 0.05) is 6.42 Å². The van der Waals surface area contributed by atoms with Crippen LogP contribution in [0.4, 0.5) is 5.95 Å². The van der Waals surface area contributed by atoms with E-state index in [4.69, 9.17) is 20.1 Å². The number of rotatable bonds is 12. The van der Waals surface area contributed by atoms with E-state index < -0.39 is 59.5 Å². The molecule has 204 valence electrons. The first-order valence-electron chi connectivity index (χ1n) is 9.55. The van der Waals surface area contributed by atoms with Gasteiger partial charge in [0.15, 0.2) is 11.9 Å². The van der Waals surface area contributed by atoms with Crippen LogP contribution >= 0.6 is 45.1 Å². The highest BCUT2D eigenvalue weighted by atomic mass is 33.1. The molecule has 23 heteroatoms. The number of aromatic amines is 1. The molecule has 1 aliphatic rings. The van der Waals surface area contributed by atoms with Crippen LogP contribution in [0.3, 0.4) is 0 Å². The van der Waals surface area contributed by atoms with Crippen molar-refractivity contribution >= 4 is 62.0 Å². The molecule has 4 N–H and O–H groups in total. The van der Waals surface area contributed by atoms with Crippen LogP contribution in [0.2, 0.25) is 0 Å². The number of hydrogen-bond acceptors (Lipinski definition) is 17. The molecule has 1 fully saturated rings. The van der Waals surface area contributed by atoms with Gasteiger partial charge in [-0.3, -0.25) is 23.5 Å². The van der Waals surface area contributed by atoms with Crippen LogP contribution in [0.5, 0.6) is 0 Å². The zero-order valence-corrected chi connectivity index (χ0v) is 22.5. The molecule has 7 atom stereocenters. The third-order valence-corrected chi connectivity index (χ3v) is 9.99. The average molecular weight is 610 g/mol. The van der Waals surface area contributed by atoms with E-state index in [1.165, 1.54) is 32.5 Å². The zero-order chi connectivity index (χ0) is 26.9. The molecule has 0 saturated carbocycles. The van der Waals surface area contributed by atoms with Gasteiger partial charge in [-0.25, -0.2) is 13.3 Å². The Morgan fingerprint density at radius 1 is 1.33 bits per heavy atom. The van der Waals surface area contributed by atoms with Crippen LogP contribution in [0.15, 0.2) is 11.0 Å². The number of aromatic nitrogens is 4. The van der Waals surface area contributed by atoms with Gasteiger partial charge < -0.3 is 39.3 Å². The number of fused-ring (bicyclic) bond motifs is 1. The quantitative estimate of drug-likeness (QED) is 0.150. The highest BCUT2D eigenvalue weighted by Crippen LogP contribution is 2.61. The number of anilines is 1. The first kappa shape index (κ1) is 29.7. The van der Waals surface area contributed by atoms with Crippen LogP contribution in [-0.2, 0) is 36.3 Å². The van der Waals surface area contributed by atoms with Crippen LogP contribution in [0.25, 0.3) is 11.0 Å². The average Bonchev–Trinajstić information content (AvgIpc) is 3.27. The van der Waals surface area contributed by atoms with E-state index >= 15 is 0 Å². The van der Waals surface area contributed by atoms with Gasteiger partial charge in [-0.15, -0.1) is 0 Å². The Bertz CT molecular complexity index is 1290. The Kier molecular flexibility index (Phi) is 9.51. The second kappa shape index (κ2) is 11.5. The first-order valence-corrected chi connectivity index (χ1v) is 16.6. The molecule has 0 aliphatic carbocycles. The molecule has 0 aromatic carbocycles. The number of ether oxygens (including phenoxy) is 2. The van der Waals surface area contributed by atoms with Gasteiger partial charge in [-0.1, -0.05) is 21.6 Å². The minimum Gasteiger partial charge on any atom is -0.756 e. The summed E-state index contributed by atoms with van der Waals surface area (Å²) in [5, 5.41) is 4.20. The summed E-state index contributed by atoms with van der Waals surface area (Å²) in [4.78, 5) is 60.8. The van der Waals surface area contributed by atoms with Crippen LogP contribution in [-0.4, -0.2) is 55.1 Å². The Labute approximate surface area is 210 Å². The van der Waals surface area contributed by atoms with Crippen molar-refractivity contribution in [2.45, 2.75) is 37.2 Å². The minimum absolute atomic E-state index is 0.0789. The number of phosphoric ester groups is 1. The summed E-state index contributed by atoms with van der Waals surface area (Å²) in [5.41, 5.74) is 4.74. The maximum absolute atomic E-state index is 12.1. The smallest absolute Gasteiger partial charge is 0.280 e. The number of H-pyrrole nitrogens is 1. The third-order valence-electron chi connectivity index (χ3n) is 4.33. The number of nitrogens with one attached hydrogen (secondary N) is 1. The van der Waals surface area contributed by atoms with E-state index in [0.29, 0.717) is 0 Å². The predicted molar refractivity (Wildman–Crippen MR) is 120 cm³/mol. The van der Waals surface area contributed by atoms with Crippen LogP contribution in [0, 0.1) is 0 Å². The molecule has 2 aromatic rings. The summed E-state index contributed by atoms with van der Waals surface area (Å²) in [6.45, 7) is 0.891. The molecule has 3 heterocycles. The zero-order valence-electron chi connectivity index (χ0n) is 18.2. The topological polar surface area (TPSA) is 276 Å². The van der Waals surface area contributed by atoms with Crippen LogP contribution < -0.4 is 26.0 Å². The van der Waals surface area contributed by atoms with Crippen molar-refractivity contribution in [3.05, 3.63) is 16.6 Å². The van der Waals surface area contributed by atoms with E-state index in [0.717, 1.165) is 0 Å². The first-order chi connectivity index (χ1) is 16.6. The molecule has 1 aliphatic heterocycles. The minimum atomic E-state index is -6.05. The maximum atomic E-state index is 12.1. The van der Waals surface area contributed by atoms with Gasteiger partial charge in [0.2, 0.25) is 5.95 Å². The normalized spacial score (nSPS) is 26.3. The van der Waals surface area contributed by atoms with Crippen molar-refractivity contribution in [2.75, 3.05) is 18.6 Å². The van der Waals surface area contributed by atoms with Crippen molar-refractivity contribution in [1.29, 1.82) is 0 Å². The van der Waals surface area contributed by atoms with Crippen molar-refractivity contribution in [1.82, 2.24) is 19.7 Å². The second-order valence-electron chi connectivity index (χ2n) is 6.97. The van der Waals surface area contributed by atoms with Gasteiger partial charge >= 0.3 is 0 Å². The van der Waals surface area contributed by atoms with Gasteiger partial charge in [-0.05, 0) is 13.2 Å². The molecular weight excluding hydrogens is 591 g/mol. The van der Waals surface area contributed by atoms with E-state index in [9.17, 15) is 33.2 Å². The summed E-state index contributed by atoms with van der Waals surface area (Å²) in [6, 6.07) is 0. The molecule has 0 radical (unpaired) electrons. The van der Waals surface area contributed by atoms with Gasteiger partial charge in [-0.2, -0.15) is 10.1 Å². The lowest BCUT2D eigenvalue weighted by molar-refractivity contribution is -0.250. The molecule has 0 bridgehead atoms. The van der Waals surface area contributed by atoms with E-state index in [2.05, 4.69) is 28.2 Å². The van der Waals surface area contributed by atoms with E-state index in [-0.39, 0.29) is 23.4 Å². The van der Waals surface area contributed by atoms with Crippen molar-refractivity contribution in [3.63, 3.8) is 0 Å². The molecular formula is C13H19N5O13P3S2-3. The number of nitrogen functional groups attached to an aromatic ring is 1. The van der Waals surface area contributed by atoms with Crippen LogP contribution in [0.1, 0.15) is 19.6 Å². The molecule has 3 rings (SSSR count). The second-order valence-corrected chi connectivity index (χ2v) is 14.0. The lowest BCUT2D eigenvalue weighted by atomic mass is 10.2. The van der Waals surface area contributed by atoms with Crippen molar-refractivity contribution in [2.24, 2.45) is 0 Å². The monoisotopic (exact) mass is 610 g/mol. The maximum Gasteiger partial charge on any atom is 0.280 e.